The van der Waals surface area contributed by atoms with E-state index in [0.717, 1.165) is 35.6 Å². The summed E-state index contributed by atoms with van der Waals surface area (Å²) in [6.07, 6.45) is -30.3. The molecule has 0 unspecified atom stereocenters. The number of hydrogen-bond acceptors (Lipinski definition) is 14. The molecular weight excluding hydrogens is 1350 g/mol. The van der Waals surface area contributed by atoms with E-state index in [1.165, 1.54) is 38.1 Å². The standard InChI is InChI=1S/C32H19F9O6S2.C28H11F9O4S2/c1-14-6-15(8-17(7-14)30(33,34)35)24(42)22-12-20-26(48-22)27-21(29(46-4-5-47-29)28(20)44-2-3-45-28)13-23(49-27)25(43)16-9-18(31(36,37)38)11-19(10-16)32(39,40)41;1-10-2-11(4-13(3-10)26(29,30)31)20(38)18-8-16-22(40)23(41)17-9-19(43-25(17)24(16)42-18)21(39)12-5-14(27(32,33)34)7-15(6-12)28(35,36)37/h6-13H,2-5H2,1H3;2-9H,1H3. The molecule has 0 bridgehead atoms. The Kier molecular flexibility index (Phi) is 16.1. The fourth-order valence-corrected chi connectivity index (χ4v) is 15.4. The van der Waals surface area contributed by atoms with Crippen LogP contribution in [-0.4, -0.2) is 61.1 Å². The molecule has 92 heavy (non-hydrogen) atoms. The van der Waals surface area contributed by atoms with Crippen LogP contribution >= 0.6 is 45.3 Å². The van der Waals surface area contributed by atoms with Gasteiger partial charge in [-0.15, -0.1) is 45.3 Å². The predicted octanol–water partition coefficient (Wildman–Crippen LogP) is 17.4. The Hall–Kier alpha value is -7.72. The zero-order valence-electron chi connectivity index (χ0n) is 45.6. The summed E-state index contributed by atoms with van der Waals surface area (Å²) in [6.45, 7) is 2.74. The van der Waals surface area contributed by atoms with E-state index in [2.05, 4.69) is 0 Å². The monoisotopic (exact) mass is 1380 g/mol. The van der Waals surface area contributed by atoms with E-state index in [9.17, 15) is 108 Å². The van der Waals surface area contributed by atoms with Crippen molar-refractivity contribution >= 4 is 80.0 Å². The summed E-state index contributed by atoms with van der Waals surface area (Å²) in [7, 11) is 0. The lowest BCUT2D eigenvalue weighted by molar-refractivity contribution is -0.365. The number of halogens is 18. The molecule has 2 saturated heterocycles. The third-order valence-electron chi connectivity index (χ3n) is 14.5. The number of hydrogen-bond donors (Lipinski definition) is 0. The van der Waals surface area contributed by atoms with E-state index in [-0.39, 0.29) is 129 Å². The van der Waals surface area contributed by atoms with Gasteiger partial charge in [0.05, 0.1) is 98.8 Å². The Bertz CT molecular complexity index is 4380. The number of thiophene rings is 4. The maximum Gasteiger partial charge on any atom is 0.416 e. The summed E-state index contributed by atoms with van der Waals surface area (Å²) >= 11 is 2.69. The number of carbonyl (C=O) groups is 6. The molecule has 4 aliphatic rings. The minimum atomic E-state index is -5.22. The molecule has 2 aliphatic carbocycles. The highest BCUT2D eigenvalue weighted by atomic mass is 32.1. The first kappa shape index (κ1) is 65.8. The van der Waals surface area contributed by atoms with E-state index in [1.54, 1.807) is 0 Å². The van der Waals surface area contributed by atoms with Gasteiger partial charge in [-0.2, -0.15) is 79.0 Å². The number of alkyl halides is 18. The van der Waals surface area contributed by atoms with Crippen molar-refractivity contribution in [3.05, 3.63) is 206 Å². The van der Waals surface area contributed by atoms with Crippen LogP contribution in [0.2, 0.25) is 0 Å². The Morgan fingerprint density at radius 3 is 0.815 bits per heavy atom. The third kappa shape index (κ3) is 11.7. The highest BCUT2D eigenvalue weighted by molar-refractivity contribution is 7.25. The molecule has 4 aromatic carbocycles. The molecule has 2 aliphatic heterocycles. The van der Waals surface area contributed by atoms with Gasteiger partial charge in [0.2, 0.25) is 34.7 Å². The van der Waals surface area contributed by atoms with Gasteiger partial charge < -0.3 is 18.9 Å². The van der Waals surface area contributed by atoms with Gasteiger partial charge in [-0.25, -0.2) is 0 Å². The number of aryl methyl sites for hydroxylation is 2. The van der Waals surface area contributed by atoms with Crippen LogP contribution in [0.1, 0.15) is 137 Å². The van der Waals surface area contributed by atoms with Gasteiger partial charge in [0.25, 0.3) is 11.6 Å². The summed E-state index contributed by atoms with van der Waals surface area (Å²) in [5.74, 6) is -10.2. The molecule has 2 spiro atoms. The third-order valence-corrected chi connectivity index (χ3v) is 19.4. The van der Waals surface area contributed by atoms with Crippen LogP contribution in [-0.2, 0) is 67.6 Å². The van der Waals surface area contributed by atoms with Crippen molar-refractivity contribution in [1.82, 2.24) is 0 Å². The summed E-state index contributed by atoms with van der Waals surface area (Å²) in [5, 5.41) is 0. The first-order valence-corrected chi connectivity index (χ1v) is 29.2. The van der Waals surface area contributed by atoms with Crippen molar-refractivity contribution in [1.29, 1.82) is 0 Å². The Morgan fingerprint density at radius 2 is 0.554 bits per heavy atom. The minimum Gasteiger partial charge on any atom is -0.339 e. The van der Waals surface area contributed by atoms with Crippen LogP contribution in [0.15, 0.2) is 97.1 Å². The van der Waals surface area contributed by atoms with E-state index < -0.39 is 133 Å². The van der Waals surface area contributed by atoms with Crippen molar-refractivity contribution in [2.45, 2.75) is 62.5 Å². The average Bonchev–Trinajstić information content (AvgIpc) is 1.50. The highest BCUT2D eigenvalue weighted by Gasteiger charge is 2.68. The highest BCUT2D eigenvalue weighted by Crippen LogP contribution is 2.63. The molecular formula is C60H30F18O10S4. The van der Waals surface area contributed by atoms with Gasteiger partial charge in [0.15, 0.2) is 0 Å². The number of fused-ring (bicyclic) bond motifs is 9. The van der Waals surface area contributed by atoms with Gasteiger partial charge in [0, 0.05) is 44.5 Å². The first-order valence-electron chi connectivity index (χ1n) is 26.0. The van der Waals surface area contributed by atoms with Crippen molar-refractivity contribution in [2.75, 3.05) is 26.4 Å². The Morgan fingerprint density at radius 1 is 0.326 bits per heavy atom. The maximum absolute atomic E-state index is 13.7. The van der Waals surface area contributed by atoms with Gasteiger partial charge in [0.1, 0.15) is 0 Å². The predicted molar refractivity (Wildman–Crippen MR) is 290 cm³/mol. The summed E-state index contributed by atoms with van der Waals surface area (Å²) in [4.78, 5) is 78.7. The summed E-state index contributed by atoms with van der Waals surface area (Å²) in [5.41, 5.74) is -11.4. The average molecular weight is 1380 g/mol. The number of ketones is 6. The van der Waals surface area contributed by atoms with E-state index in [0.29, 0.717) is 58.3 Å². The molecule has 6 heterocycles. The molecule has 0 atom stereocenters. The number of ether oxygens (including phenoxy) is 4. The van der Waals surface area contributed by atoms with Gasteiger partial charge in [-0.05, 0) is 122 Å². The summed E-state index contributed by atoms with van der Waals surface area (Å²) < 4.78 is 266. The Labute approximate surface area is 518 Å². The van der Waals surface area contributed by atoms with Crippen molar-refractivity contribution in [3.8, 4) is 19.5 Å². The fraction of sp³-hybridized carbons (Fsp3) is 0.233. The van der Waals surface area contributed by atoms with Crippen LogP contribution in [0.4, 0.5) is 79.0 Å². The van der Waals surface area contributed by atoms with E-state index in [1.807, 2.05) is 0 Å². The molecule has 12 rings (SSSR count). The van der Waals surface area contributed by atoms with Gasteiger partial charge in [-0.3, -0.25) is 28.8 Å². The SMILES string of the molecule is Cc1cc(C(=O)c2cc3c(s2)-c2sc(C(=O)c4cc(C(F)(F)F)cc(C(F)(F)F)c4)cc2C(=O)C3=O)cc(C(F)(F)F)c1.Cc1cc(C(=O)c2cc3c(s2)-c2sc(C(=O)c4cc(C(F)(F)F)cc(C(F)(F)F)c4)cc2C2(OCCO2)C32OCCO2)cc(C(F)(F)F)c1. The van der Waals surface area contributed by atoms with Crippen LogP contribution in [0.5, 0.6) is 0 Å². The first-order chi connectivity index (χ1) is 42.6. The second-order valence-corrected chi connectivity index (χ2v) is 25.0. The lowest BCUT2D eigenvalue weighted by Crippen LogP contribution is -2.53. The maximum atomic E-state index is 13.7. The quantitative estimate of drug-likeness (QED) is 0.0820. The number of carbonyl (C=O) groups excluding carboxylic acids is 6. The molecule has 2 fully saturated rings. The molecule has 32 heteroatoms. The van der Waals surface area contributed by atoms with Crippen molar-refractivity contribution in [3.63, 3.8) is 0 Å². The molecule has 0 saturated carbocycles. The van der Waals surface area contributed by atoms with Gasteiger partial charge in [-0.1, -0.05) is 0 Å². The summed E-state index contributed by atoms with van der Waals surface area (Å²) in [6, 6.07) is 10.9. The number of benzene rings is 4. The number of rotatable bonds is 8. The van der Waals surface area contributed by atoms with Crippen molar-refractivity contribution in [2.24, 2.45) is 0 Å². The van der Waals surface area contributed by atoms with E-state index >= 15 is 0 Å². The normalized spacial score (nSPS) is 16.1. The number of Topliss-reactive ketones (excluding diaryl/α,β-unsaturated/α-hetero) is 2. The topological polar surface area (TPSA) is 139 Å². The lowest BCUT2D eigenvalue weighted by atomic mass is 9.84. The fourth-order valence-electron chi connectivity index (χ4n) is 10.5. The molecule has 0 amide bonds. The molecule has 8 aromatic rings. The molecule has 10 nitrogen and oxygen atoms in total. The molecule has 480 valence electrons. The van der Waals surface area contributed by atoms with Crippen LogP contribution < -0.4 is 0 Å². The largest absolute Gasteiger partial charge is 0.416 e. The zero-order chi connectivity index (χ0) is 67.1. The van der Waals surface area contributed by atoms with Gasteiger partial charge >= 0.3 is 37.1 Å². The second-order valence-electron chi connectivity index (χ2n) is 20.8. The van der Waals surface area contributed by atoms with Crippen LogP contribution in [0.3, 0.4) is 0 Å². The van der Waals surface area contributed by atoms with Crippen molar-refractivity contribution < 1.29 is 127 Å². The van der Waals surface area contributed by atoms with Crippen LogP contribution in [0.25, 0.3) is 19.5 Å². The minimum absolute atomic E-state index is 0.00396. The van der Waals surface area contributed by atoms with E-state index in [4.69, 9.17) is 18.9 Å². The molecule has 4 aromatic heterocycles. The smallest absolute Gasteiger partial charge is 0.339 e. The van der Waals surface area contributed by atoms with Crippen LogP contribution in [0, 0.1) is 13.8 Å². The molecule has 0 radical (unpaired) electrons. The lowest BCUT2D eigenvalue weighted by Gasteiger charge is -2.44. The second kappa shape index (κ2) is 22.5. The zero-order valence-corrected chi connectivity index (χ0v) is 48.9. The molecule has 0 N–H and O–H groups in total. The Balaban J connectivity index is 0.000000190.